The van der Waals surface area contributed by atoms with Crippen molar-refractivity contribution in [2.75, 3.05) is 13.7 Å². The van der Waals surface area contributed by atoms with Crippen LogP contribution < -0.4 is 15.0 Å². The van der Waals surface area contributed by atoms with Crippen LogP contribution in [0.4, 0.5) is 0 Å². The van der Waals surface area contributed by atoms with Crippen molar-refractivity contribution in [1.82, 2.24) is 4.57 Å². The van der Waals surface area contributed by atoms with E-state index in [1.807, 2.05) is 30.5 Å². The average molecular weight is 383 g/mol. The van der Waals surface area contributed by atoms with Gasteiger partial charge in [0.05, 0.1) is 13.7 Å². The predicted molar refractivity (Wildman–Crippen MR) is 108 cm³/mol. The van der Waals surface area contributed by atoms with Gasteiger partial charge in [-0.1, -0.05) is 0 Å². The Bertz CT molecular complexity index is 1060. The molecular formula is C21H21NO4S. The highest BCUT2D eigenvalue weighted by atomic mass is 32.2. The molecule has 1 aliphatic rings. The highest BCUT2D eigenvalue weighted by molar-refractivity contribution is 7.93. The van der Waals surface area contributed by atoms with Gasteiger partial charge in [-0.15, -0.1) is 0 Å². The Morgan fingerprint density at radius 2 is 1.96 bits per heavy atom. The molecule has 2 aromatic carbocycles. The molecule has 4 rings (SSSR count). The third kappa shape index (κ3) is 3.55. The van der Waals surface area contributed by atoms with Crippen LogP contribution in [0, 0.1) is 5.92 Å². The van der Waals surface area contributed by atoms with Gasteiger partial charge in [0.2, 0.25) is 0 Å². The first kappa shape index (κ1) is 17.9. The predicted octanol–water partition coefficient (Wildman–Crippen LogP) is 4.57. The molecule has 0 amide bonds. The van der Waals surface area contributed by atoms with Crippen LogP contribution in [0.15, 0.2) is 52.3 Å². The van der Waals surface area contributed by atoms with E-state index >= 15 is 0 Å². The number of benzene rings is 2. The fourth-order valence-corrected chi connectivity index (χ4v) is 3.48. The number of fused-ring (bicyclic) bond motifs is 1. The van der Waals surface area contributed by atoms with Crippen LogP contribution in [0.3, 0.4) is 0 Å². The van der Waals surface area contributed by atoms with E-state index in [1.165, 1.54) is 12.8 Å². The van der Waals surface area contributed by atoms with Crippen molar-refractivity contribution in [3.8, 4) is 22.6 Å². The first-order valence-corrected chi connectivity index (χ1v) is 9.64. The molecule has 1 N–H and O–H groups in total. The number of methoxy groups -OCH3 is 1. The maximum Gasteiger partial charge on any atom is 0.258 e. The molecule has 6 heteroatoms. The molecule has 0 radical (unpaired) electrons. The SMILES string of the molecule is COc1ccc2c(=O)n(C)cc(-c3cc(SO)ccc3OCC3CC3)c2c1. The van der Waals surface area contributed by atoms with E-state index < -0.39 is 0 Å². The normalized spacial score (nSPS) is 13.7. The van der Waals surface area contributed by atoms with Gasteiger partial charge in [-0.3, -0.25) is 4.79 Å². The van der Waals surface area contributed by atoms with E-state index in [9.17, 15) is 9.35 Å². The summed E-state index contributed by atoms with van der Waals surface area (Å²) in [7, 11) is 3.35. The highest BCUT2D eigenvalue weighted by Gasteiger charge is 2.23. The van der Waals surface area contributed by atoms with E-state index in [-0.39, 0.29) is 5.56 Å². The minimum Gasteiger partial charge on any atom is -0.497 e. The van der Waals surface area contributed by atoms with E-state index in [2.05, 4.69) is 0 Å². The largest absolute Gasteiger partial charge is 0.497 e. The number of ether oxygens (including phenoxy) is 2. The van der Waals surface area contributed by atoms with Crippen LogP contribution in [0.25, 0.3) is 21.9 Å². The molecule has 1 aliphatic carbocycles. The summed E-state index contributed by atoms with van der Waals surface area (Å²) in [5.41, 5.74) is 1.65. The van der Waals surface area contributed by atoms with Crippen molar-refractivity contribution < 1.29 is 14.0 Å². The van der Waals surface area contributed by atoms with Crippen LogP contribution in [0.5, 0.6) is 11.5 Å². The molecule has 3 aromatic rings. The Kier molecular flexibility index (Phi) is 4.85. The summed E-state index contributed by atoms with van der Waals surface area (Å²) in [6.07, 6.45) is 4.23. The van der Waals surface area contributed by atoms with Crippen LogP contribution >= 0.6 is 12.0 Å². The Labute approximate surface area is 161 Å². The van der Waals surface area contributed by atoms with Crippen LogP contribution in [0.1, 0.15) is 12.8 Å². The maximum absolute atomic E-state index is 12.6. The molecule has 0 saturated heterocycles. The minimum atomic E-state index is -0.0652. The number of aromatic nitrogens is 1. The molecule has 0 unspecified atom stereocenters. The van der Waals surface area contributed by atoms with Gasteiger partial charge in [0, 0.05) is 52.1 Å². The van der Waals surface area contributed by atoms with Crippen molar-refractivity contribution in [3.63, 3.8) is 0 Å². The molecule has 1 saturated carbocycles. The molecule has 1 heterocycles. The van der Waals surface area contributed by atoms with Crippen molar-refractivity contribution in [2.24, 2.45) is 13.0 Å². The highest BCUT2D eigenvalue weighted by Crippen LogP contribution is 2.39. The zero-order valence-corrected chi connectivity index (χ0v) is 16.1. The van der Waals surface area contributed by atoms with E-state index in [1.54, 1.807) is 30.9 Å². The number of hydrogen-bond donors (Lipinski definition) is 1. The number of hydrogen-bond acceptors (Lipinski definition) is 5. The molecule has 1 aromatic heterocycles. The second-order valence-corrected chi connectivity index (χ2v) is 7.53. The molecule has 0 bridgehead atoms. The number of aryl methyl sites for hydroxylation is 1. The average Bonchev–Trinajstić information content (AvgIpc) is 3.53. The lowest BCUT2D eigenvalue weighted by Gasteiger charge is -2.16. The van der Waals surface area contributed by atoms with Gasteiger partial charge in [-0.05, 0) is 55.2 Å². The van der Waals surface area contributed by atoms with Gasteiger partial charge in [-0.25, -0.2) is 0 Å². The lowest BCUT2D eigenvalue weighted by Crippen LogP contribution is -2.16. The van der Waals surface area contributed by atoms with Gasteiger partial charge in [0.1, 0.15) is 11.5 Å². The van der Waals surface area contributed by atoms with Crippen molar-refractivity contribution in [3.05, 3.63) is 52.9 Å². The zero-order chi connectivity index (χ0) is 19.0. The monoisotopic (exact) mass is 383 g/mol. The van der Waals surface area contributed by atoms with Gasteiger partial charge in [0.25, 0.3) is 5.56 Å². The summed E-state index contributed by atoms with van der Waals surface area (Å²) in [6, 6.07) is 11.1. The first-order valence-electron chi connectivity index (χ1n) is 8.86. The lowest BCUT2D eigenvalue weighted by atomic mass is 9.99. The molecule has 0 atom stereocenters. The van der Waals surface area contributed by atoms with Crippen molar-refractivity contribution >= 4 is 22.8 Å². The summed E-state index contributed by atoms with van der Waals surface area (Å²) in [6.45, 7) is 0.686. The van der Waals surface area contributed by atoms with Crippen LogP contribution in [-0.4, -0.2) is 22.8 Å². The maximum atomic E-state index is 12.6. The van der Waals surface area contributed by atoms with Gasteiger partial charge in [-0.2, -0.15) is 0 Å². The fourth-order valence-electron chi connectivity index (χ4n) is 3.18. The molecule has 140 valence electrons. The second kappa shape index (κ2) is 7.29. The summed E-state index contributed by atoms with van der Waals surface area (Å²) in [5, 5.41) is 1.42. The standard InChI is InChI=1S/C21H21NO4S/c1-22-11-19(17-9-14(25-2)5-7-16(17)21(22)23)18-10-15(27-24)6-8-20(18)26-12-13-3-4-13/h5-11,13,24H,3-4,12H2,1-2H3. The smallest absolute Gasteiger partial charge is 0.258 e. The van der Waals surface area contributed by atoms with E-state index in [0.717, 1.165) is 22.3 Å². The van der Waals surface area contributed by atoms with Crippen LogP contribution in [0.2, 0.25) is 0 Å². The summed E-state index contributed by atoms with van der Waals surface area (Å²) >= 11 is 0.695. The number of nitrogens with zero attached hydrogens (tertiary/aromatic N) is 1. The Morgan fingerprint density at radius 1 is 1.15 bits per heavy atom. The lowest BCUT2D eigenvalue weighted by molar-refractivity contribution is 0.301. The Hall–Kier alpha value is -2.44. The fraction of sp³-hybridized carbons (Fsp3) is 0.286. The third-order valence-corrected chi connectivity index (χ3v) is 5.37. The van der Waals surface area contributed by atoms with Gasteiger partial charge < -0.3 is 18.6 Å². The molecule has 5 nitrogen and oxygen atoms in total. The Morgan fingerprint density at radius 3 is 2.67 bits per heavy atom. The summed E-state index contributed by atoms with van der Waals surface area (Å²) < 4.78 is 22.5. The van der Waals surface area contributed by atoms with Crippen molar-refractivity contribution in [1.29, 1.82) is 0 Å². The number of pyridine rings is 1. The molecule has 0 aliphatic heterocycles. The summed E-state index contributed by atoms with van der Waals surface area (Å²) in [4.78, 5) is 13.3. The number of rotatable bonds is 6. The van der Waals surface area contributed by atoms with Crippen LogP contribution in [-0.2, 0) is 7.05 Å². The second-order valence-electron chi connectivity index (χ2n) is 6.87. The van der Waals surface area contributed by atoms with Crippen molar-refractivity contribution in [2.45, 2.75) is 17.7 Å². The Balaban J connectivity index is 1.94. The van der Waals surface area contributed by atoms with Gasteiger partial charge in [0.15, 0.2) is 0 Å². The van der Waals surface area contributed by atoms with E-state index in [4.69, 9.17) is 9.47 Å². The van der Waals surface area contributed by atoms with E-state index in [0.29, 0.717) is 40.6 Å². The quantitative estimate of drug-likeness (QED) is 0.632. The topological polar surface area (TPSA) is 60.7 Å². The third-order valence-electron chi connectivity index (χ3n) is 4.91. The molecule has 27 heavy (non-hydrogen) atoms. The molecule has 0 spiro atoms. The first-order chi connectivity index (χ1) is 13.1. The molecular weight excluding hydrogens is 362 g/mol. The molecule has 1 fully saturated rings. The van der Waals surface area contributed by atoms with Gasteiger partial charge >= 0.3 is 0 Å². The zero-order valence-electron chi connectivity index (χ0n) is 15.3. The minimum absolute atomic E-state index is 0.0652. The summed E-state index contributed by atoms with van der Waals surface area (Å²) in [5.74, 6) is 2.06.